The van der Waals surface area contributed by atoms with Gasteiger partial charge in [0.05, 0.1) is 0 Å². The van der Waals surface area contributed by atoms with Crippen molar-refractivity contribution in [1.29, 1.82) is 0 Å². The first kappa shape index (κ1) is 12.0. The summed E-state index contributed by atoms with van der Waals surface area (Å²) in [6.07, 6.45) is 0.284. The van der Waals surface area contributed by atoms with Crippen molar-refractivity contribution >= 4 is 0 Å². The van der Waals surface area contributed by atoms with E-state index in [4.69, 9.17) is 5.73 Å². The largest absolute Gasteiger partial charge is 0.330 e. The van der Waals surface area contributed by atoms with Crippen LogP contribution in [0.5, 0.6) is 0 Å². The summed E-state index contributed by atoms with van der Waals surface area (Å²) in [6.45, 7) is 4.03. The van der Waals surface area contributed by atoms with Gasteiger partial charge in [0.1, 0.15) is 0 Å². The van der Waals surface area contributed by atoms with Crippen LogP contribution >= 0.6 is 0 Å². The Kier molecular flexibility index (Phi) is 3.39. The number of halogens is 3. The van der Waals surface area contributed by atoms with Crippen LogP contribution in [0.25, 0.3) is 0 Å². The molecule has 15 heavy (non-hydrogen) atoms. The maximum atomic E-state index is 13.3. The summed E-state index contributed by atoms with van der Waals surface area (Å²) in [5, 5.41) is 0. The molecule has 0 unspecified atom stereocenters. The van der Waals surface area contributed by atoms with Gasteiger partial charge in [-0.1, -0.05) is 19.9 Å². The highest BCUT2D eigenvalue weighted by Gasteiger charge is 2.21. The van der Waals surface area contributed by atoms with Gasteiger partial charge in [-0.2, -0.15) is 0 Å². The van der Waals surface area contributed by atoms with Crippen LogP contribution in [0, 0.1) is 22.9 Å². The van der Waals surface area contributed by atoms with Gasteiger partial charge in [0.2, 0.25) is 0 Å². The molecule has 1 nitrogen and oxygen atoms in total. The lowest BCUT2D eigenvalue weighted by atomic mass is 9.86. The second kappa shape index (κ2) is 4.23. The molecule has 0 fully saturated rings. The van der Waals surface area contributed by atoms with Crippen molar-refractivity contribution in [3.63, 3.8) is 0 Å². The molecule has 1 aromatic carbocycles. The van der Waals surface area contributed by atoms with E-state index in [-0.39, 0.29) is 17.4 Å². The minimum Gasteiger partial charge on any atom is -0.330 e. The molecule has 4 heteroatoms. The highest BCUT2D eigenvalue weighted by atomic mass is 19.2. The highest BCUT2D eigenvalue weighted by molar-refractivity contribution is 5.21. The predicted molar refractivity (Wildman–Crippen MR) is 52.9 cm³/mol. The fraction of sp³-hybridized carbons (Fsp3) is 0.455. The first-order valence-electron chi connectivity index (χ1n) is 4.70. The van der Waals surface area contributed by atoms with E-state index in [1.807, 2.05) is 13.8 Å². The maximum absolute atomic E-state index is 13.3. The molecule has 0 bridgehead atoms. The highest BCUT2D eigenvalue weighted by Crippen LogP contribution is 2.24. The van der Waals surface area contributed by atoms with E-state index in [9.17, 15) is 13.2 Å². The lowest BCUT2D eigenvalue weighted by Crippen LogP contribution is -2.26. The molecule has 0 saturated heterocycles. The van der Waals surface area contributed by atoms with Gasteiger partial charge in [0.15, 0.2) is 17.5 Å². The summed E-state index contributed by atoms with van der Waals surface area (Å²) in [7, 11) is 0. The Balaban J connectivity index is 3.02. The Morgan fingerprint density at radius 2 is 1.73 bits per heavy atom. The molecule has 2 N–H and O–H groups in total. The molecule has 0 heterocycles. The summed E-state index contributed by atoms with van der Waals surface area (Å²) < 4.78 is 38.8. The predicted octanol–water partition coefficient (Wildman–Crippen LogP) is 2.63. The lowest BCUT2D eigenvalue weighted by Gasteiger charge is -2.22. The third kappa shape index (κ3) is 2.72. The average Bonchev–Trinajstić information content (AvgIpc) is 2.19. The quantitative estimate of drug-likeness (QED) is 0.774. The molecule has 0 spiro atoms. The van der Waals surface area contributed by atoms with Crippen LogP contribution in [0.15, 0.2) is 12.1 Å². The molecular weight excluding hydrogens is 203 g/mol. The fourth-order valence-electron chi connectivity index (χ4n) is 1.29. The van der Waals surface area contributed by atoms with Gasteiger partial charge in [-0.3, -0.25) is 0 Å². The number of hydrogen-bond acceptors (Lipinski definition) is 1. The first-order valence-corrected chi connectivity index (χ1v) is 4.70. The normalized spacial score (nSPS) is 11.9. The molecule has 0 aliphatic heterocycles. The smallest absolute Gasteiger partial charge is 0.194 e. The van der Waals surface area contributed by atoms with Crippen LogP contribution in [0.4, 0.5) is 13.2 Å². The molecule has 0 aliphatic carbocycles. The molecule has 0 amide bonds. The molecule has 0 atom stereocenters. The minimum absolute atomic E-state index is 0.157. The van der Waals surface area contributed by atoms with E-state index in [0.29, 0.717) is 6.54 Å². The Hall–Kier alpha value is -1.03. The van der Waals surface area contributed by atoms with E-state index >= 15 is 0 Å². The van der Waals surface area contributed by atoms with Crippen LogP contribution < -0.4 is 5.73 Å². The minimum atomic E-state index is -1.42. The molecular formula is C11H14F3N. The number of rotatable bonds is 3. The van der Waals surface area contributed by atoms with Gasteiger partial charge in [-0.25, -0.2) is 13.2 Å². The second-order valence-corrected chi connectivity index (χ2v) is 4.38. The summed E-state index contributed by atoms with van der Waals surface area (Å²) in [4.78, 5) is 0. The zero-order valence-electron chi connectivity index (χ0n) is 8.78. The van der Waals surface area contributed by atoms with Crippen LogP contribution in [-0.4, -0.2) is 6.54 Å². The summed E-state index contributed by atoms with van der Waals surface area (Å²) in [5.41, 5.74) is 5.31. The Morgan fingerprint density at radius 1 is 1.13 bits per heavy atom. The van der Waals surface area contributed by atoms with Gasteiger partial charge in [-0.15, -0.1) is 0 Å². The third-order valence-electron chi connectivity index (χ3n) is 2.34. The summed E-state index contributed by atoms with van der Waals surface area (Å²) >= 11 is 0. The van der Waals surface area contributed by atoms with Gasteiger partial charge >= 0.3 is 0 Å². The van der Waals surface area contributed by atoms with E-state index in [1.165, 1.54) is 6.07 Å². The van der Waals surface area contributed by atoms with Crippen molar-refractivity contribution in [3.8, 4) is 0 Å². The van der Waals surface area contributed by atoms with Crippen LogP contribution in [0.2, 0.25) is 0 Å². The van der Waals surface area contributed by atoms with Crippen molar-refractivity contribution in [2.45, 2.75) is 20.3 Å². The van der Waals surface area contributed by atoms with Gasteiger partial charge in [0.25, 0.3) is 0 Å². The van der Waals surface area contributed by atoms with Crippen LogP contribution in [-0.2, 0) is 6.42 Å². The third-order valence-corrected chi connectivity index (χ3v) is 2.34. The van der Waals surface area contributed by atoms with Crippen molar-refractivity contribution < 1.29 is 13.2 Å². The van der Waals surface area contributed by atoms with Crippen LogP contribution in [0.1, 0.15) is 19.4 Å². The zero-order valence-corrected chi connectivity index (χ0v) is 8.78. The average molecular weight is 217 g/mol. The second-order valence-electron chi connectivity index (χ2n) is 4.38. The van der Waals surface area contributed by atoms with Crippen molar-refractivity contribution in [2.24, 2.45) is 11.1 Å². The number of hydrogen-bond donors (Lipinski definition) is 1. The van der Waals surface area contributed by atoms with Gasteiger partial charge in [-0.05, 0) is 30.0 Å². The van der Waals surface area contributed by atoms with Crippen molar-refractivity contribution in [1.82, 2.24) is 0 Å². The SMILES string of the molecule is CC(C)(CN)Cc1ccc(F)c(F)c1F. The fourth-order valence-corrected chi connectivity index (χ4v) is 1.29. The van der Waals surface area contributed by atoms with E-state index in [0.717, 1.165) is 6.07 Å². The van der Waals surface area contributed by atoms with Gasteiger partial charge < -0.3 is 5.73 Å². The van der Waals surface area contributed by atoms with E-state index in [2.05, 4.69) is 0 Å². The standard InChI is InChI=1S/C11H14F3N/c1-11(2,6-15)5-7-3-4-8(12)10(14)9(7)13/h3-4H,5-6,15H2,1-2H3. The molecule has 0 aliphatic rings. The maximum Gasteiger partial charge on any atom is 0.194 e. The summed E-state index contributed by atoms with van der Waals surface area (Å²) in [6, 6.07) is 2.19. The summed E-state index contributed by atoms with van der Waals surface area (Å²) in [5.74, 6) is -3.70. The molecule has 0 radical (unpaired) electrons. The molecule has 0 saturated carbocycles. The molecule has 0 aromatic heterocycles. The monoisotopic (exact) mass is 217 g/mol. The number of nitrogens with two attached hydrogens (primary N) is 1. The van der Waals surface area contributed by atoms with Crippen molar-refractivity contribution in [2.75, 3.05) is 6.54 Å². The van der Waals surface area contributed by atoms with Crippen LogP contribution in [0.3, 0.4) is 0 Å². The van der Waals surface area contributed by atoms with E-state index in [1.54, 1.807) is 0 Å². The van der Waals surface area contributed by atoms with E-state index < -0.39 is 17.5 Å². The van der Waals surface area contributed by atoms with Gasteiger partial charge in [0, 0.05) is 0 Å². The Labute approximate surface area is 87.1 Å². The number of benzene rings is 1. The first-order chi connectivity index (χ1) is 6.87. The van der Waals surface area contributed by atoms with Crippen molar-refractivity contribution in [3.05, 3.63) is 35.1 Å². The molecule has 1 aromatic rings. The molecule has 1 rings (SSSR count). The zero-order chi connectivity index (χ0) is 11.6. The Bertz CT molecular complexity index is 361. The lowest BCUT2D eigenvalue weighted by molar-refractivity contribution is 0.362. The topological polar surface area (TPSA) is 26.0 Å². The molecule has 84 valence electrons. The Morgan fingerprint density at radius 3 is 2.27 bits per heavy atom.